The lowest BCUT2D eigenvalue weighted by atomic mass is 10.2. The lowest BCUT2D eigenvalue weighted by Crippen LogP contribution is -2.12. The maximum atomic E-state index is 11.8. The number of hydrogen-bond acceptors (Lipinski definition) is 5. The molecule has 0 fully saturated rings. The third-order valence-electron chi connectivity index (χ3n) is 2.60. The SMILES string of the molecule is CCOC(=O)/C=C/C(=C\NCc1ccccc1)C(=O)OCC. The van der Waals surface area contributed by atoms with Crippen LogP contribution in [0.1, 0.15) is 19.4 Å². The smallest absolute Gasteiger partial charge is 0.339 e. The van der Waals surface area contributed by atoms with Crippen molar-refractivity contribution in [1.29, 1.82) is 0 Å². The summed E-state index contributed by atoms with van der Waals surface area (Å²) < 4.78 is 9.73. The summed E-state index contributed by atoms with van der Waals surface area (Å²) >= 11 is 0. The van der Waals surface area contributed by atoms with Gasteiger partial charge in [-0.05, 0) is 25.5 Å². The van der Waals surface area contributed by atoms with Crippen molar-refractivity contribution >= 4 is 11.9 Å². The molecule has 0 aliphatic carbocycles. The number of carbonyl (C=O) groups is 2. The Balaban J connectivity index is 2.70. The molecule has 1 N–H and O–H groups in total. The van der Waals surface area contributed by atoms with Crippen LogP contribution in [-0.4, -0.2) is 25.2 Å². The summed E-state index contributed by atoms with van der Waals surface area (Å²) in [5, 5.41) is 3.03. The number of carbonyl (C=O) groups excluding carboxylic acids is 2. The van der Waals surface area contributed by atoms with Gasteiger partial charge in [-0.1, -0.05) is 30.3 Å². The molecule has 0 heterocycles. The molecule has 0 bridgehead atoms. The zero-order valence-corrected chi connectivity index (χ0v) is 12.9. The number of rotatable bonds is 8. The van der Waals surface area contributed by atoms with Crippen LogP contribution in [0.25, 0.3) is 0 Å². The van der Waals surface area contributed by atoms with Crippen molar-refractivity contribution in [1.82, 2.24) is 5.32 Å². The third kappa shape index (κ3) is 6.74. The van der Waals surface area contributed by atoms with E-state index in [1.54, 1.807) is 13.8 Å². The molecule has 118 valence electrons. The lowest BCUT2D eigenvalue weighted by molar-refractivity contribution is -0.138. The van der Waals surface area contributed by atoms with Gasteiger partial charge in [-0.15, -0.1) is 0 Å². The summed E-state index contributed by atoms with van der Waals surface area (Å²) in [4.78, 5) is 23.1. The minimum Gasteiger partial charge on any atom is -0.463 e. The first-order valence-electron chi connectivity index (χ1n) is 7.16. The fourth-order valence-electron chi connectivity index (χ4n) is 1.61. The molecule has 0 unspecified atom stereocenters. The van der Waals surface area contributed by atoms with E-state index in [0.29, 0.717) is 6.54 Å². The van der Waals surface area contributed by atoms with E-state index in [4.69, 9.17) is 9.47 Å². The van der Waals surface area contributed by atoms with Gasteiger partial charge in [0, 0.05) is 18.8 Å². The van der Waals surface area contributed by atoms with Crippen LogP contribution in [-0.2, 0) is 25.6 Å². The standard InChI is InChI=1S/C17H21NO4/c1-3-21-16(19)11-10-15(17(20)22-4-2)13-18-12-14-8-6-5-7-9-14/h5-11,13,18H,3-4,12H2,1-2H3/b11-10+,15-13+. The monoisotopic (exact) mass is 303 g/mol. The number of hydrogen-bond donors (Lipinski definition) is 1. The maximum Gasteiger partial charge on any atom is 0.339 e. The number of benzene rings is 1. The van der Waals surface area contributed by atoms with E-state index in [1.165, 1.54) is 18.4 Å². The van der Waals surface area contributed by atoms with Gasteiger partial charge >= 0.3 is 11.9 Å². The van der Waals surface area contributed by atoms with Crippen molar-refractivity contribution in [2.75, 3.05) is 13.2 Å². The number of ether oxygens (including phenoxy) is 2. The Bertz CT molecular complexity index is 535. The van der Waals surface area contributed by atoms with Crippen LogP contribution in [0.15, 0.2) is 54.3 Å². The molecule has 1 aromatic rings. The summed E-state index contributed by atoms with van der Waals surface area (Å²) in [5.41, 5.74) is 1.34. The van der Waals surface area contributed by atoms with Crippen LogP contribution >= 0.6 is 0 Å². The summed E-state index contributed by atoms with van der Waals surface area (Å²) in [6, 6.07) is 9.76. The summed E-state index contributed by atoms with van der Waals surface area (Å²) in [7, 11) is 0. The van der Waals surface area contributed by atoms with Crippen LogP contribution < -0.4 is 5.32 Å². The third-order valence-corrected chi connectivity index (χ3v) is 2.60. The molecule has 0 aliphatic heterocycles. The maximum absolute atomic E-state index is 11.8. The predicted molar refractivity (Wildman–Crippen MR) is 83.8 cm³/mol. The van der Waals surface area contributed by atoms with Crippen molar-refractivity contribution < 1.29 is 19.1 Å². The zero-order chi connectivity index (χ0) is 16.2. The summed E-state index contributed by atoms with van der Waals surface area (Å²) in [5.74, 6) is -0.996. The van der Waals surface area contributed by atoms with Gasteiger partial charge in [0.25, 0.3) is 0 Å². The lowest BCUT2D eigenvalue weighted by Gasteiger charge is -2.05. The Morgan fingerprint density at radius 1 is 1.05 bits per heavy atom. The fraction of sp³-hybridized carbons (Fsp3) is 0.294. The Morgan fingerprint density at radius 3 is 2.36 bits per heavy atom. The largest absolute Gasteiger partial charge is 0.463 e. The molecule has 0 saturated heterocycles. The van der Waals surface area contributed by atoms with Gasteiger partial charge in [-0.25, -0.2) is 9.59 Å². The molecule has 0 atom stereocenters. The molecule has 0 aliphatic rings. The first-order chi connectivity index (χ1) is 10.7. The van der Waals surface area contributed by atoms with Gasteiger partial charge in [-0.2, -0.15) is 0 Å². The van der Waals surface area contributed by atoms with Crippen molar-refractivity contribution in [2.24, 2.45) is 0 Å². The van der Waals surface area contributed by atoms with Gasteiger partial charge < -0.3 is 14.8 Å². The van der Waals surface area contributed by atoms with Crippen molar-refractivity contribution in [3.63, 3.8) is 0 Å². The van der Waals surface area contributed by atoms with Crippen LogP contribution in [0.2, 0.25) is 0 Å². The van der Waals surface area contributed by atoms with Crippen molar-refractivity contribution in [3.8, 4) is 0 Å². The Morgan fingerprint density at radius 2 is 1.73 bits per heavy atom. The molecular weight excluding hydrogens is 282 g/mol. The molecule has 0 aromatic heterocycles. The zero-order valence-electron chi connectivity index (χ0n) is 12.9. The highest BCUT2D eigenvalue weighted by Gasteiger charge is 2.08. The highest BCUT2D eigenvalue weighted by Crippen LogP contribution is 2.02. The Kier molecular flexibility index (Phi) is 8.12. The van der Waals surface area contributed by atoms with Crippen molar-refractivity contribution in [3.05, 3.63) is 59.8 Å². The van der Waals surface area contributed by atoms with E-state index in [-0.39, 0.29) is 18.8 Å². The number of nitrogens with one attached hydrogen (secondary N) is 1. The van der Waals surface area contributed by atoms with E-state index in [1.807, 2.05) is 30.3 Å². The quantitative estimate of drug-likeness (QED) is 0.454. The predicted octanol–water partition coefficient (Wildman–Crippen LogP) is 2.34. The second kappa shape index (κ2) is 10.2. The van der Waals surface area contributed by atoms with Crippen LogP contribution in [0.5, 0.6) is 0 Å². The Hall–Kier alpha value is -2.56. The second-order valence-electron chi connectivity index (χ2n) is 4.27. The minimum atomic E-state index is -0.499. The molecule has 1 rings (SSSR count). The van der Waals surface area contributed by atoms with Gasteiger partial charge in [0.15, 0.2) is 0 Å². The van der Waals surface area contributed by atoms with Crippen LogP contribution in [0, 0.1) is 0 Å². The minimum absolute atomic E-state index is 0.255. The highest BCUT2D eigenvalue weighted by atomic mass is 16.5. The molecule has 22 heavy (non-hydrogen) atoms. The van der Waals surface area contributed by atoms with E-state index in [2.05, 4.69) is 5.32 Å². The highest BCUT2D eigenvalue weighted by molar-refractivity contribution is 5.93. The van der Waals surface area contributed by atoms with Crippen LogP contribution in [0.4, 0.5) is 0 Å². The molecule has 0 amide bonds. The molecule has 5 heteroatoms. The van der Waals surface area contributed by atoms with E-state index in [9.17, 15) is 9.59 Å². The fourth-order valence-corrected chi connectivity index (χ4v) is 1.61. The normalized spacial score (nSPS) is 11.3. The van der Waals surface area contributed by atoms with Gasteiger partial charge in [-0.3, -0.25) is 0 Å². The molecule has 1 aromatic carbocycles. The molecule has 0 saturated carbocycles. The average Bonchev–Trinajstić information content (AvgIpc) is 2.52. The first kappa shape index (κ1) is 17.5. The summed E-state index contributed by atoms with van der Waals surface area (Å²) in [6.45, 7) is 4.56. The first-order valence-corrected chi connectivity index (χ1v) is 7.16. The van der Waals surface area contributed by atoms with E-state index in [0.717, 1.165) is 5.56 Å². The number of esters is 2. The molecule has 0 radical (unpaired) electrons. The molecule has 5 nitrogen and oxygen atoms in total. The summed E-state index contributed by atoms with van der Waals surface area (Å²) in [6.07, 6.45) is 4.12. The molecule has 0 spiro atoms. The van der Waals surface area contributed by atoms with Gasteiger partial charge in [0.2, 0.25) is 0 Å². The second-order valence-corrected chi connectivity index (χ2v) is 4.27. The van der Waals surface area contributed by atoms with E-state index < -0.39 is 11.9 Å². The topological polar surface area (TPSA) is 64.6 Å². The van der Waals surface area contributed by atoms with Crippen LogP contribution in [0.3, 0.4) is 0 Å². The Labute approximate surface area is 130 Å². The average molecular weight is 303 g/mol. The van der Waals surface area contributed by atoms with Gasteiger partial charge in [0.1, 0.15) is 0 Å². The molecular formula is C17H21NO4. The van der Waals surface area contributed by atoms with Crippen molar-refractivity contribution in [2.45, 2.75) is 20.4 Å². The van der Waals surface area contributed by atoms with E-state index >= 15 is 0 Å². The van der Waals surface area contributed by atoms with Gasteiger partial charge in [0.05, 0.1) is 18.8 Å².